The van der Waals surface area contributed by atoms with Crippen molar-refractivity contribution in [2.24, 2.45) is 0 Å². The van der Waals surface area contributed by atoms with Gasteiger partial charge in [-0.2, -0.15) is 0 Å². The molecule has 5 nitrogen and oxygen atoms in total. The van der Waals surface area contributed by atoms with Gasteiger partial charge in [0.15, 0.2) is 5.13 Å². The van der Waals surface area contributed by atoms with E-state index in [2.05, 4.69) is 15.0 Å². The molecule has 96 valence electrons. The molecule has 0 atom stereocenters. The number of aryl methyl sites for hydroxylation is 1. The predicted octanol–water partition coefficient (Wildman–Crippen LogP) is 2.34. The van der Waals surface area contributed by atoms with E-state index in [9.17, 15) is 0 Å². The van der Waals surface area contributed by atoms with Crippen molar-refractivity contribution in [2.45, 2.75) is 20.6 Å². The lowest BCUT2D eigenvalue weighted by atomic mass is 10.3. The average molecular weight is 273 g/mol. The summed E-state index contributed by atoms with van der Waals surface area (Å²) in [5.74, 6) is -0.592. The molecular weight excluding hydrogens is 246 g/mol. The number of rotatable bonds is 4. The molecule has 0 saturated heterocycles. The third kappa shape index (κ3) is 2.43. The fourth-order valence-corrected chi connectivity index (χ4v) is 2.16. The standard InChI is InChI=1S/C12H17N5S/c1-4-17(5-2)10-7-14-6-9(16-10)11-8(3)15-12(13)18-11/h6-7H,4-5H2,1-3H3,(H2,13,15)/i1D3,2D3,4D2,5D2. The fourth-order valence-electron chi connectivity index (χ4n) is 1.37. The highest BCUT2D eigenvalue weighted by atomic mass is 32.1. The highest BCUT2D eigenvalue weighted by Gasteiger charge is 2.12. The zero-order chi connectivity index (χ0) is 21.7. The number of thiazole rings is 1. The first kappa shape index (κ1) is 5.13. The minimum atomic E-state index is -3.40. The molecule has 0 radical (unpaired) electrons. The van der Waals surface area contributed by atoms with Crippen molar-refractivity contribution in [3.63, 3.8) is 0 Å². The maximum absolute atomic E-state index is 7.97. The monoisotopic (exact) mass is 273 g/mol. The van der Waals surface area contributed by atoms with Gasteiger partial charge in [-0.05, 0) is 20.6 Å². The van der Waals surface area contributed by atoms with Gasteiger partial charge in [-0.25, -0.2) is 9.97 Å². The summed E-state index contributed by atoms with van der Waals surface area (Å²) in [7, 11) is 0. The summed E-state index contributed by atoms with van der Waals surface area (Å²) < 4.78 is 76.6. The van der Waals surface area contributed by atoms with Crippen molar-refractivity contribution in [3.8, 4) is 10.6 Å². The molecular formula is C12H17N5S. The van der Waals surface area contributed by atoms with Crippen LogP contribution >= 0.6 is 11.3 Å². The Labute approximate surface area is 125 Å². The van der Waals surface area contributed by atoms with Crippen LogP contribution in [0.2, 0.25) is 0 Å². The third-order valence-electron chi connectivity index (χ3n) is 2.12. The first-order valence-corrected chi connectivity index (χ1v) is 5.67. The van der Waals surface area contributed by atoms with Gasteiger partial charge >= 0.3 is 0 Å². The second kappa shape index (κ2) is 5.30. The Morgan fingerprint density at radius 3 is 2.78 bits per heavy atom. The summed E-state index contributed by atoms with van der Waals surface area (Å²) in [4.78, 5) is 12.4. The van der Waals surface area contributed by atoms with Gasteiger partial charge in [0.2, 0.25) is 0 Å². The molecule has 2 rings (SSSR count). The SMILES string of the molecule is [2H]C([2H])([2H])C([2H])([2H])N(c1cncc(-c2sc(N)nc2C)n1)C([2H])([2H])C([2H])([2H])[2H]. The van der Waals surface area contributed by atoms with Gasteiger partial charge in [0.1, 0.15) is 11.5 Å². The minimum absolute atomic E-state index is 0.00374. The van der Waals surface area contributed by atoms with E-state index in [0.29, 0.717) is 10.6 Å². The zero-order valence-corrected chi connectivity index (χ0v) is 10.2. The minimum Gasteiger partial charge on any atom is -0.375 e. The summed E-state index contributed by atoms with van der Waals surface area (Å²) in [5, 5.41) is 0.229. The lowest BCUT2D eigenvalue weighted by molar-refractivity contribution is 0.841. The van der Waals surface area contributed by atoms with E-state index >= 15 is 0 Å². The number of anilines is 2. The molecule has 2 aromatic heterocycles. The van der Waals surface area contributed by atoms with E-state index in [1.807, 2.05) is 0 Å². The van der Waals surface area contributed by atoms with E-state index in [1.165, 1.54) is 6.20 Å². The molecule has 6 heteroatoms. The van der Waals surface area contributed by atoms with Gasteiger partial charge in [-0.1, -0.05) is 11.3 Å². The molecule has 0 amide bonds. The molecule has 0 unspecified atom stereocenters. The second-order valence-corrected chi connectivity index (χ2v) is 4.32. The second-order valence-electron chi connectivity index (χ2n) is 3.29. The van der Waals surface area contributed by atoms with Crippen molar-refractivity contribution in [3.05, 3.63) is 18.1 Å². The Hall–Kier alpha value is -1.69. The number of nitrogens with zero attached hydrogens (tertiary/aromatic N) is 4. The Kier molecular flexibility index (Phi) is 1.51. The van der Waals surface area contributed by atoms with Crippen LogP contribution in [0.15, 0.2) is 12.4 Å². The van der Waals surface area contributed by atoms with Crippen molar-refractivity contribution in [2.75, 3.05) is 23.6 Å². The molecule has 18 heavy (non-hydrogen) atoms. The number of aromatic nitrogens is 3. The Morgan fingerprint density at radius 2 is 2.17 bits per heavy atom. The van der Waals surface area contributed by atoms with Gasteiger partial charge in [-0.3, -0.25) is 4.98 Å². The number of nitrogens with two attached hydrogens (primary N) is 1. The van der Waals surface area contributed by atoms with E-state index in [0.717, 1.165) is 17.5 Å². The number of hydrogen-bond donors (Lipinski definition) is 1. The highest BCUT2D eigenvalue weighted by Crippen LogP contribution is 2.30. The fraction of sp³-hybridized carbons (Fsp3) is 0.417. The molecule has 0 bridgehead atoms. The molecule has 0 saturated carbocycles. The molecule has 0 fully saturated rings. The Morgan fingerprint density at radius 1 is 1.39 bits per heavy atom. The Balaban J connectivity index is 2.72. The van der Waals surface area contributed by atoms with Gasteiger partial charge in [-0.15, -0.1) is 0 Å². The van der Waals surface area contributed by atoms with Crippen molar-refractivity contribution >= 4 is 22.3 Å². The van der Waals surface area contributed by atoms with Crippen molar-refractivity contribution < 1.29 is 13.7 Å². The topological polar surface area (TPSA) is 67.9 Å². The van der Waals surface area contributed by atoms with E-state index in [-0.39, 0.29) is 15.7 Å². The summed E-state index contributed by atoms with van der Waals surface area (Å²) in [6.07, 6.45) is 2.17. The maximum atomic E-state index is 7.97. The molecule has 2 heterocycles. The van der Waals surface area contributed by atoms with E-state index in [1.54, 1.807) is 6.92 Å². The van der Waals surface area contributed by atoms with Crippen LogP contribution in [0.3, 0.4) is 0 Å². The average Bonchev–Trinajstić information content (AvgIpc) is 2.83. The molecule has 0 aromatic carbocycles. The quantitative estimate of drug-likeness (QED) is 0.926. The predicted molar refractivity (Wildman–Crippen MR) is 75.9 cm³/mol. The summed E-state index contributed by atoms with van der Waals surface area (Å²) in [5.41, 5.74) is 6.25. The maximum Gasteiger partial charge on any atom is 0.180 e. The van der Waals surface area contributed by atoms with Gasteiger partial charge in [0.05, 0.1) is 23.0 Å². The lowest BCUT2D eigenvalue weighted by Gasteiger charge is -2.19. The van der Waals surface area contributed by atoms with Crippen LogP contribution in [0.1, 0.15) is 33.1 Å². The molecule has 0 spiro atoms. The van der Waals surface area contributed by atoms with Crippen LogP contribution in [0.25, 0.3) is 10.6 Å². The van der Waals surface area contributed by atoms with Crippen LogP contribution in [-0.4, -0.2) is 27.9 Å². The lowest BCUT2D eigenvalue weighted by Crippen LogP contribution is -2.23. The molecule has 0 aliphatic carbocycles. The zero-order valence-electron chi connectivity index (χ0n) is 19.4. The molecule has 0 aliphatic rings. The van der Waals surface area contributed by atoms with Crippen molar-refractivity contribution in [1.82, 2.24) is 15.0 Å². The van der Waals surface area contributed by atoms with Crippen LogP contribution in [-0.2, 0) is 0 Å². The highest BCUT2D eigenvalue weighted by molar-refractivity contribution is 7.18. The van der Waals surface area contributed by atoms with E-state index < -0.39 is 32.5 Å². The molecule has 0 aliphatic heterocycles. The molecule has 2 N–H and O–H groups in total. The van der Waals surface area contributed by atoms with Crippen molar-refractivity contribution in [1.29, 1.82) is 0 Å². The number of hydrogen-bond acceptors (Lipinski definition) is 6. The normalized spacial score (nSPS) is 21.8. The first-order valence-electron chi connectivity index (χ1n) is 9.86. The summed E-state index contributed by atoms with van der Waals surface area (Å²) in [6, 6.07) is 0. The van der Waals surface area contributed by atoms with Gasteiger partial charge in [0, 0.05) is 26.7 Å². The number of nitrogen functional groups attached to an aromatic ring is 1. The van der Waals surface area contributed by atoms with Crippen LogP contribution in [0.5, 0.6) is 0 Å². The van der Waals surface area contributed by atoms with Gasteiger partial charge < -0.3 is 10.6 Å². The Bertz CT molecular complexity index is 833. The van der Waals surface area contributed by atoms with Crippen LogP contribution < -0.4 is 10.6 Å². The summed E-state index contributed by atoms with van der Waals surface area (Å²) >= 11 is 1.05. The summed E-state index contributed by atoms with van der Waals surface area (Å²) in [6.45, 7) is -11.9. The smallest absolute Gasteiger partial charge is 0.180 e. The van der Waals surface area contributed by atoms with Gasteiger partial charge in [0.25, 0.3) is 0 Å². The first-order chi connectivity index (χ1) is 12.5. The molecule has 2 aromatic rings. The largest absolute Gasteiger partial charge is 0.375 e. The third-order valence-corrected chi connectivity index (χ3v) is 3.13. The van der Waals surface area contributed by atoms with Crippen LogP contribution in [0, 0.1) is 6.92 Å². The van der Waals surface area contributed by atoms with E-state index in [4.69, 9.17) is 19.4 Å². The van der Waals surface area contributed by atoms with Crippen LogP contribution in [0.4, 0.5) is 10.9 Å².